The first-order valence-corrected chi connectivity index (χ1v) is 16.4. The van der Waals surface area contributed by atoms with Crippen LogP contribution in [0.3, 0.4) is 0 Å². The number of amides is 1. The summed E-state index contributed by atoms with van der Waals surface area (Å²) in [6.45, 7) is 5.64. The molecular formula is C35H55NO7. The Balaban J connectivity index is 1.88. The monoisotopic (exact) mass is 601 g/mol. The zero-order valence-corrected chi connectivity index (χ0v) is 26.5. The minimum atomic E-state index is -0.614. The third-order valence-electron chi connectivity index (χ3n) is 8.12. The minimum absolute atomic E-state index is 0.0883. The molecule has 0 saturated heterocycles. The molecule has 3 N–H and O–H groups in total. The summed E-state index contributed by atoms with van der Waals surface area (Å²) in [5.41, 5.74) is 1.15. The molecule has 43 heavy (non-hydrogen) atoms. The largest absolute Gasteiger partial charge is 0.463 e. The van der Waals surface area contributed by atoms with Gasteiger partial charge in [-0.25, -0.2) is 0 Å². The van der Waals surface area contributed by atoms with Gasteiger partial charge in [0.1, 0.15) is 12.6 Å². The average molecular weight is 602 g/mol. The van der Waals surface area contributed by atoms with Gasteiger partial charge in [0.2, 0.25) is 5.91 Å². The summed E-state index contributed by atoms with van der Waals surface area (Å²) >= 11 is 0. The van der Waals surface area contributed by atoms with Crippen molar-refractivity contribution < 1.29 is 34.1 Å². The SMILES string of the molecule is CCCCCCC(=O)NCC(=O)O[C@@H](CCc1ccccc1)CC[C@@H]1[C@@H](C/C=C\CCCC(=O)OC(C)C)[C@@H](O)C[C@H]1O. The standard InChI is InChI=1S/C35H55NO7/c1-4-5-6-13-18-33(39)36-25-35(41)43-28(21-20-27-15-10-9-11-16-27)22-23-30-29(31(37)24-32(30)38)17-12-7-8-14-19-34(40)42-26(2)3/h7,9-12,15-16,26,28-32,37-38H,4-6,8,13-14,17-25H2,1-3H3,(H,36,39)/b12-7-/t28-,29+,30+,31-,32+/m0/s1. The summed E-state index contributed by atoms with van der Waals surface area (Å²) in [6, 6.07) is 10.0. The molecule has 1 aliphatic carbocycles. The van der Waals surface area contributed by atoms with E-state index in [4.69, 9.17) is 9.47 Å². The van der Waals surface area contributed by atoms with Gasteiger partial charge in [0, 0.05) is 12.8 Å². The van der Waals surface area contributed by atoms with Crippen molar-refractivity contribution in [3.63, 3.8) is 0 Å². The zero-order chi connectivity index (χ0) is 31.5. The van der Waals surface area contributed by atoms with Gasteiger partial charge in [-0.2, -0.15) is 0 Å². The molecule has 8 heteroatoms. The van der Waals surface area contributed by atoms with E-state index in [-0.39, 0.29) is 42.5 Å². The number of aliphatic hydroxyl groups is 2. The van der Waals surface area contributed by atoms with E-state index in [1.54, 1.807) is 0 Å². The van der Waals surface area contributed by atoms with Crippen LogP contribution in [0.4, 0.5) is 0 Å². The van der Waals surface area contributed by atoms with E-state index in [0.717, 1.165) is 44.1 Å². The Bertz CT molecular complexity index is 964. The van der Waals surface area contributed by atoms with E-state index in [1.807, 2.05) is 56.3 Å². The van der Waals surface area contributed by atoms with Crippen molar-refractivity contribution in [1.82, 2.24) is 5.32 Å². The number of carbonyl (C=O) groups excluding carboxylic acids is 3. The predicted molar refractivity (Wildman–Crippen MR) is 168 cm³/mol. The molecule has 1 aromatic rings. The van der Waals surface area contributed by atoms with Gasteiger partial charge in [-0.3, -0.25) is 14.4 Å². The lowest BCUT2D eigenvalue weighted by Gasteiger charge is -2.25. The molecule has 5 atom stereocenters. The number of carbonyl (C=O) groups is 3. The Kier molecular flexibility index (Phi) is 17.9. The first-order chi connectivity index (χ1) is 20.7. The van der Waals surface area contributed by atoms with Gasteiger partial charge in [0.05, 0.1) is 18.3 Å². The highest BCUT2D eigenvalue weighted by Gasteiger charge is 2.40. The van der Waals surface area contributed by atoms with Crippen molar-refractivity contribution in [2.75, 3.05) is 6.54 Å². The quantitative estimate of drug-likeness (QED) is 0.0922. The lowest BCUT2D eigenvalue weighted by atomic mass is 9.85. The van der Waals surface area contributed by atoms with E-state index >= 15 is 0 Å². The summed E-state index contributed by atoms with van der Waals surface area (Å²) in [4.78, 5) is 36.5. The number of esters is 2. The third kappa shape index (κ3) is 15.5. The summed E-state index contributed by atoms with van der Waals surface area (Å²) in [5.74, 6) is -0.978. The highest BCUT2D eigenvalue weighted by molar-refractivity contribution is 5.81. The number of allylic oxidation sites excluding steroid dienone is 2. The van der Waals surface area contributed by atoms with Crippen molar-refractivity contribution >= 4 is 17.8 Å². The van der Waals surface area contributed by atoms with Crippen molar-refractivity contribution in [2.24, 2.45) is 11.8 Å². The number of benzene rings is 1. The fourth-order valence-corrected chi connectivity index (χ4v) is 5.78. The number of rotatable bonds is 21. The van der Waals surface area contributed by atoms with Gasteiger partial charge < -0.3 is 25.0 Å². The molecule has 1 amide bonds. The van der Waals surface area contributed by atoms with Gasteiger partial charge in [-0.05, 0) is 89.0 Å². The van der Waals surface area contributed by atoms with Crippen molar-refractivity contribution in [2.45, 2.75) is 135 Å². The molecule has 1 saturated carbocycles. The summed E-state index contributed by atoms with van der Waals surface area (Å²) < 4.78 is 11.0. The molecule has 0 radical (unpaired) electrons. The topological polar surface area (TPSA) is 122 Å². The molecule has 1 aliphatic rings. The fraction of sp³-hybridized carbons (Fsp3) is 0.686. The number of ether oxygens (including phenoxy) is 2. The van der Waals surface area contributed by atoms with Gasteiger partial charge >= 0.3 is 11.9 Å². The highest BCUT2D eigenvalue weighted by atomic mass is 16.5. The van der Waals surface area contributed by atoms with Gasteiger partial charge in [-0.1, -0.05) is 68.7 Å². The molecule has 1 fully saturated rings. The van der Waals surface area contributed by atoms with Crippen LogP contribution in [-0.4, -0.2) is 59.0 Å². The average Bonchev–Trinajstić information content (AvgIpc) is 3.24. The molecule has 0 heterocycles. The van der Waals surface area contributed by atoms with Crippen molar-refractivity contribution in [3.05, 3.63) is 48.0 Å². The summed E-state index contributed by atoms with van der Waals surface area (Å²) in [7, 11) is 0. The molecule has 0 bridgehead atoms. The smallest absolute Gasteiger partial charge is 0.325 e. The molecule has 242 valence electrons. The van der Waals surface area contributed by atoms with Gasteiger partial charge in [-0.15, -0.1) is 0 Å². The number of nitrogens with one attached hydrogen (secondary N) is 1. The summed E-state index contributed by atoms with van der Waals surface area (Å²) in [5, 5.41) is 24.1. The number of aliphatic hydroxyl groups excluding tert-OH is 2. The van der Waals surface area contributed by atoms with Crippen molar-refractivity contribution in [3.8, 4) is 0 Å². The Morgan fingerprint density at radius 1 is 0.907 bits per heavy atom. The van der Waals surface area contributed by atoms with Crippen LogP contribution in [0, 0.1) is 11.8 Å². The zero-order valence-electron chi connectivity index (χ0n) is 26.5. The van der Waals surface area contributed by atoms with Crippen LogP contribution >= 0.6 is 0 Å². The Morgan fingerprint density at radius 2 is 1.65 bits per heavy atom. The Hall–Kier alpha value is -2.71. The van der Waals surface area contributed by atoms with E-state index in [9.17, 15) is 24.6 Å². The first kappa shape index (κ1) is 36.5. The van der Waals surface area contributed by atoms with Crippen LogP contribution < -0.4 is 5.32 Å². The molecule has 0 aromatic heterocycles. The van der Waals surface area contributed by atoms with Crippen LogP contribution in [0.5, 0.6) is 0 Å². The van der Waals surface area contributed by atoms with Crippen LogP contribution in [0.1, 0.15) is 110 Å². The van der Waals surface area contributed by atoms with E-state index in [2.05, 4.69) is 12.2 Å². The van der Waals surface area contributed by atoms with Crippen LogP contribution in [0.25, 0.3) is 0 Å². The number of hydrogen-bond acceptors (Lipinski definition) is 7. The lowest BCUT2D eigenvalue weighted by molar-refractivity contribution is -0.150. The molecule has 0 spiro atoms. The van der Waals surface area contributed by atoms with Crippen LogP contribution in [0.15, 0.2) is 42.5 Å². The predicted octanol–water partition coefficient (Wildman–Crippen LogP) is 5.82. The van der Waals surface area contributed by atoms with Crippen LogP contribution in [-0.2, 0) is 30.3 Å². The molecule has 1 aromatic carbocycles. The number of aryl methyl sites for hydroxylation is 1. The van der Waals surface area contributed by atoms with E-state index < -0.39 is 18.2 Å². The maximum Gasteiger partial charge on any atom is 0.325 e. The second-order valence-corrected chi connectivity index (χ2v) is 12.1. The molecular weight excluding hydrogens is 546 g/mol. The van der Waals surface area contributed by atoms with Crippen molar-refractivity contribution in [1.29, 1.82) is 0 Å². The number of hydrogen-bond donors (Lipinski definition) is 3. The third-order valence-corrected chi connectivity index (χ3v) is 8.12. The molecule has 0 aliphatic heterocycles. The Morgan fingerprint density at radius 3 is 2.37 bits per heavy atom. The second kappa shape index (κ2) is 21.1. The molecule has 0 unspecified atom stereocenters. The molecule has 8 nitrogen and oxygen atoms in total. The maximum absolute atomic E-state index is 12.7. The maximum atomic E-state index is 12.7. The lowest BCUT2D eigenvalue weighted by Crippen LogP contribution is -2.33. The second-order valence-electron chi connectivity index (χ2n) is 12.1. The first-order valence-electron chi connectivity index (χ1n) is 16.4. The van der Waals surface area contributed by atoms with E-state index in [0.29, 0.717) is 51.4 Å². The normalized spacial score (nSPS) is 20.8. The van der Waals surface area contributed by atoms with Gasteiger partial charge in [0.15, 0.2) is 0 Å². The van der Waals surface area contributed by atoms with Crippen LogP contribution in [0.2, 0.25) is 0 Å². The highest BCUT2D eigenvalue weighted by Crippen LogP contribution is 2.38. The minimum Gasteiger partial charge on any atom is -0.463 e. The number of unbranched alkanes of at least 4 members (excludes halogenated alkanes) is 4. The summed E-state index contributed by atoms with van der Waals surface area (Å²) in [6.07, 6.45) is 12.2. The molecule has 2 rings (SSSR count). The Labute approximate surface area is 258 Å². The fourth-order valence-electron chi connectivity index (χ4n) is 5.78. The van der Waals surface area contributed by atoms with E-state index in [1.165, 1.54) is 0 Å². The van der Waals surface area contributed by atoms with Gasteiger partial charge in [0.25, 0.3) is 0 Å².